The van der Waals surface area contributed by atoms with Crippen LogP contribution in [0, 0.1) is 5.92 Å². The van der Waals surface area contributed by atoms with Gasteiger partial charge < -0.3 is 19.5 Å². The van der Waals surface area contributed by atoms with E-state index in [1.165, 1.54) is 11.0 Å². The summed E-state index contributed by atoms with van der Waals surface area (Å²) < 4.78 is 10.4. The summed E-state index contributed by atoms with van der Waals surface area (Å²) in [7, 11) is 0. The molecule has 0 saturated carbocycles. The first kappa shape index (κ1) is 11.9. The largest absolute Gasteiger partial charge is 0.481 e. The molecule has 2 aliphatic heterocycles. The molecule has 94 valence electrons. The Bertz CT molecular complexity index is 348. The third-order valence-electron chi connectivity index (χ3n) is 3.10. The molecular formula is C11H15NO5. The van der Waals surface area contributed by atoms with Gasteiger partial charge in [0.05, 0.1) is 25.6 Å². The summed E-state index contributed by atoms with van der Waals surface area (Å²) >= 11 is 0. The van der Waals surface area contributed by atoms with Crippen LogP contribution in [0.2, 0.25) is 0 Å². The van der Waals surface area contributed by atoms with E-state index < -0.39 is 23.6 Å². The average molecular weight is 241 g/mol. The molecule has 1 unspecified atom stereocenters. The van der Waals surface area contributed by atoms with Crippen molar-refractivity contribution in [3.8, 4) is 0 Å². The maximum atomic E-state index is 11.4. The van der Waals surface area contributed by atoms with Crippen LogP contribution in [-0.2, 0) is 14.3 Å². The molecule has 0 aromatic heterocycles. The number of carbonyl (C=O) groups excluding carboxylic acids is 1. The minimum absolute atomic E-state index is 0.181. The van der Waals surface area contributed by atoms with Crippen molar-refractivity contribution in [3.05, 3.63) is 12.7 Å². The van der Waals surface area contributed by atoms with Crippen LogP contribution < -0.4 is 0 Å². The molecule has 1 atom stereocenters. The van der Waals surface area contributed by atoms with Crippen LogP contribution in [0.25, 0.3) is 0 Å². The number of amides is 1. The highest BCUT2D eigenvalue weighted by Gasteiger charge is 2.53. The van der Waals surface area contributed by atoms with Gasteiger partial charge in [0.15, 0.2) is 0 Å². The van der Waals surface area contributed by atoms with E-state index in [2.05, 4.69) is 6.58 Å². The Morgan fingerprint density at radius 1 is 1.59 bits per heavy atom. The Kier molecular flexibility index (Phi) is 3.06. The van der Waals surface area contributed by atoms with Gasteiger partial charge in [-0.15, -0.1) is 0 Å². The lowest BCUT2D eigenvalue weighted by Crippen LogP contribution is -2.63. The Morgan fingerprint density at radius 3 is 2.82 bits per heavy atom. The highest BCUT2D eigenvalue weighted by Crippen LogP contribution is 2.38. The summed E-state index contributed by atoms with van der Waals surface area (Å²) in [4.78, 5) is 23.7. The number of likely N-dealkylation sites (tertiary alicyclic amines) is 1. The topological polar surface area (TPSA) is 76.1 Å². The maximum Gasteiger partial charge on any atom is 0.410 e. The summed E-state index contributed by atoms with van der Waals surface area (Å²) in [5.41, 5.74) is -0.462. The third-order valence-corrected chi connectivity index (χ3v) is 3.10. The first-order valence-electron chi connectivity index (χ1n) is 5.46. The summed E-state index contributed by atoms with van der Waals surface area (Å²) in [6.07, 6.45) is 1.56. The lowest BCUT2D eigenvalue weighted by molar-refractivity contribution is -0.141. The first-order valence-corrected chi connectivity index (χ1v) is 5.46. The zero-order valence-electron chi connectivity index (χ0n) is 9.42. The van der Waals surface area contributed by atoms with Gasteiger partial charge in [0, 0.05) is 0 Å². The molecule has 0 aromatic carbocycles. The Labute approximate surface area is 98.8 Å². The summed E-state index contributed by atoms with van der Waals surface area (Å²) in [5, 5.41) is 8.86. The lowest BCUT2D eigenvalue weighted by atomic mass is 9.87. The van der Waals surface area contributed by atoms with Crippen LogP contribution in [0.15, 0.2) is 12.7 Å². The molecule has 0 aliphatic carbocycles. The van der Waals surface area contributed by atoms with Crippen LogP contribution >= 0.6 is 0 Å². The number of aliphatic carboxylic acids is 1. The molecular weight excluding hydrogens is 226 g/mol. The molecule has 2 saturated heterocycles. The lowest BCUT2D eigenvalue weighted by Gasteiger charge is -2.46. The highest BCUT2D eigenvalue weighted by molar-refractivity contribution is 5.72. The number of ether oxygens (including phenoxy) is 2. The molecule has 17 heavy (non-hydrogen) atoms. The van der Waals surface area contributed by atoms with Crippen molar-refractivity contribution in [3.63, 3.8) is 0 Å². The molecule has 0 aromatic rings. The van der Waals surface area contributed by atoms with Crippen molar-refractivity contribution in [1.29, 1.82) is 0 Å². The normalized spacial score (nSPS) is 25.4. The molecule has 0 radical (unpaired) electrons. The summed E-state index contributed by atoms with van der Waals surface area (Å²) in [5.74, 6) is -1.30. The third kappa shape index (κ3) is 2.26. The predicted octanol–water partition coefficient (Wildman–Crippen LogP) is 0.485. The fourth-order valence-corrected chi connectivity index (χ4v) is 2.22. The fraction of sp³-hybridized carbons (Fsp3) is 0.636. The van der Waals surface area contributed by atoms with E-state index in [1.54, 1.807) is 0 Å². The molecule has 2 fully saturated rings. The molecule has 1 N–H and O–H groups in total. The van der Waals surface area contributed by atoms with Crippen molar-refractivity contribution in [1.82, 2.24) is 4.90 Å². The van der Waals surface area contributed by atoms with Crippen LogP contribution in [0.1, 0.15) is 6.42 Å². The van der Waals surface area contributed by atoms with E-state index in [9.17, 15) is 9.59 Å². The number of hydrogen-bond donors (Lipinski definition) is 1. The van der Waals surface area contributed by atoms with Gasteiger partial charge in [-0.05, 0) is 6.42 Å². The van der Waals surface area contributed by atoms with Crippen LogP contribution in [-0.4, -0.2) is 54.0 Å². The predicted molar refractivity (Wildman–Crippen MR) is 57.5 cm³/mol. The molecule has 2 heterocycles. The minimum atomic E-state index is -0.838. The molecule has 6 heteroatoms. The van der Waals surface area contributed by atoms with Gasteiger partial charge in [0.2, 0.25) is 0 Å². The summed E-state index contributed by atoms with van der Waals surface area (Å²) in [6.45, 7) is 4.68. The fourth-order valence-electron chi connectivity index (χ4n) is 2.22. The van der Waals surface area contributed by atoms with Crippen molar-refractivity contribution < 1.29 is 24.2 Å². The van der Waals surface area contributed by atoms with Crippen LogP contribution in [0.3, 0.4) is 0 Å². The number of rotatable bonds is 3. The molecule has 1 amide bonds. The van der Waals surface area contributed by atoms with Crippen molar-refractivity contribution in [2.75, 3.05) is 26.3 Å². The SMILES string of the molecule is C=CCOC(=O)N1CC2(CC(C(=O)O)CO2)C1. The van der Waals surface area contributed by atoms with E-state index >= 15 is 0 Å². The van der Waals surface area contributed by atoms with E-state index in [0.717, 1.165) is 0 Å². The second kappa shape index (κ2) is 4.37. The number of carboxylic acid groups (broad SMARTS) is 1. The standard InChI is InChI=1S/C11H15NO5/c1-2-3-16-10(15)12-6-11(7-12)4-8(5-17-11)9(13)14/h2,8H,1,3-7H2,(H,13,14). The van der Waals surface area contributed by atoms with Crippen molar-refractivity contribution in [2.24, 2.45) is 5.92 Å². The van der Waals surface area contributed by atoms with Crippen molar-refractivity contribution >= 4 is 12.1 Å². The van der Waals surface area contributed by atoms with E-state index in [-0.39, 0.29) is 13.2 Å². The highest BCUT2D eigenvalue weighted by atomic mass is 16.6. The Balaban J connectivity index is 1.80. The Hall–Kier alpha value is -1.56. The van der Waals surface area contributed by atoms with E-state index in [4.69, 9.17) is 14.6 Å². The molecule has 6 nitrogen and oxygen atoms in total. The molecule has 2 rings (SSSR count). The van der Waals surface area contributed by atoms with E-state index in [1.807, 2.05) is 0 Å². The van der Waals surface area contributed by atoms with E-state index in [0.29, 0.717) is 19.5 Å². The number of hydrogen-bond acceptors (Lipinski definition) is 4. The quantitative estimate of drug-likeness (QED) is 0.727. The second-order valence-electron chi connectivity index (χ2n) is 4.45. The van der Waals surface area contributed by atoms with Gasteiger partial charge in [0.25, 0.3) is 0 Å². The Morgan fingerprint density at radius 2 is 2.29 bits per heavy atom. The van der Waals surface area contributed by atoms with Gasteiger partial charge in [-0.1, -0.05) is 12.7 Å². The maximum absolute atomic E-state index is 11.4. The van der Waals surface area contributed by atoms with Gasteiger partial charge >= 0.3 is 12.1 Å². The minimum Gasteiger partial charge on any atom is -0.481 e. The summed E-state index contributed by atoms with van der Waals surface area (Å²) in [6, 6.07) is 0. The number of carbonyl (C=O) groups is 2. The van der Waals surface area contributed by atoms with Crippen LogP contribution in [0.5, 0.6) is 0 Å². The van der Waals surface area contributed by atoms with Gasteiger partial charge in [-0.2, -0.15) is 0 Å². The first-order chi connectivity index (χ1) is 8.06. The molecule has 2 aliphatic rings. The smallest absolute Gasteiger partial charge is 0.410 e. The molecule has 1 spiro atoms. The number of nitrogens with zero attached hydrogens (tertiary/aromatic N) is 1. The number of carboxylic acids is 1. The average Bonchev–Trinajstić information content (AvgIpc) is 2.68. The molecule has 0 bridgehead atoms. The van der Waals surface area contributed by atoms with Crippen molar-refractivity contribution in [2.45, 2.75) is 12.0 Å². The van der Waals surface area contributed by atoms with Gasteiger partial charge in [-0.25, -0.2) is 4.79 Å². The zero-order valence-corrected chi connectivity index (χ0v) is 9.42. The monoisotopic (exact) mass is 241 g/mol. The second-order valence-corrected chi connectivity index (χ2v) is 4.45. The van der Waals surface area contributed by atoms with Crippen LogP contribution in [0.4, 0.5) is 4.79 Å². The van der Waals surface area contributed by atoms with Gasteiger partial charge in [-0.3, -0.25) is 4.79 Å². The zero-order chi connectivity index (χ0) is 12.5. The van der Waals surface area contributed by atoms with Gasteiger partial charge in [0.1, 0.15) is 12.2 Å².